The molecule has 0 radical (unpaired) electrons. The molecule has 1 N–H and O–H groups in total. The van der Waals surface area contributed by atoms with Gasteiger partial charge in [-0.05, 0) is 60.9 Å². The molecule has 1 aliphatic heterocycles. The molecule has 4 nitrogen and oxygen atoms in total. The molecular formula is C16H33N3O. The molecule has 4 heteroatoms. The van der Waals surface area contributed by atoms with Crippen LogP contribution in [0.15, 0.2) is 0 Å². The number of hydrogen-bond donors (Lipinski definition) is 1. The summed E-state index contributed by atoms with van der Waals surface area (Å²) in [5, 5.41) is 3.52. The van der Waals surface area contributed by atoms with Crippen LogP contribution < -0.4 is 5.32 Å². The van der Waals surface area contributed by atoms with E-state index in [0.29, 0.717) is 18.6 Å². The molecule has 20 heavy (non-hydrogen) atoms. The molecule has 0 aromatic carbocycles. The first-order valence-corrected chi connectivity index (χ1v) is 8.11. The van der Waals surface area contributed by atoms with E-state index in [4.69, 9.17) is 0 Å². The Morgan fingerprint density at radius 2 is 1.70 bits per heavy atom. The molecule has 0 aliphatic carbocycles. The Kier molecular flexibility index (Phi) is 6.96. The van der Waals surface area contributed by atoms with Crippen molar-refractivity contribution in [1.82, 2.24) is 15.1 Å². The van der Waals surface area contributed by atoms with E-state index in [0.717, 1.165) is 13.1 Å². The SMILES string of the molecule is CC(C)N(CC(=O)N(C(C)C)C(C)C)CC1CCCN1. The second-order valence-corrected chi connectivity index (χ2v) is 6.80. The molecule has 0 aromatic rings. The van der Waals surface area contributed by atoms with Gasteiger partial charge in [-0.25, -0.2) is 0 Å². The molecule has 1 heterocycles. The van der Waals surface area contributed by atoms with Crippen LogP contribution in [0.25, 0.3) is 0 Å². The first kappa shape index (κ1) is 17.4. The third-order valence-electron chi connectivity index (χ3n) is 4.09. The predicted molar refractivity (Wildman–Crippen MR) is 84.9 cm³/mol. The molecule has 118 valence electrons. The fraction of sp³-hybridized carbons (Fsp3) is 0.938. The van der Waals surface area contributed by atoms with Gasteiger partial charge in [0, 0.05) is 30.7 Å². The van der Waals surface area contributed by atoms with Crippen molar-refractivity contribution in [3.63, 3.8) is 0 Å². The second kappa shape index (κ2) is 7.99. The van der Waals surface area contributed by atoms with Crippen molar-refractivity contribution in [2.45, 2.75) is 78.6 Å². The first-order chi connectivity index (χ1) is 9.32. The number of hydrogen-bond acceptors (Lipinski definition) is 3. The Labute approximate surface area is 124 Å². The largest absolute Gasteiger partial charge is 0.337 e. The maximum absolute atomic E-state index is 12.6. The van der Waals surface area contributed by atoms with Crippen LogP contribution in [0, 0.1) is 0 Å². The minimum atomic E-state index is 0.252. The van der Waals surface area contributed by atoms with Gasteiger partial charge in [-0.2, -0.15) is 0 Å². The monoisotopic (exact) mass is 283 g/mol. The maximum atomic E-state index is 12.6. The van der Waals surface area contributed by atoms with E-state index in [9.17, 15) is 4.79 Å². The molecule has 1 fully saturated rings. The molecule has 0 saturated carbocycles. The molecule has 0 bridgehead atoms. The van der Waals surface area contributed by atoms with Gasteiger partial charge in [-0.3, -0.25) is 9.69 Å². The summed E-state index contributed by atoms with van der Waals surface area (Å²) in [5.74, 6) is 0.252. The van der Waals surface area contributed by atoms with Crippen molar-refractivity contribution >= 4 is 5.91 Å². The van der Waals surface area contributed by atoms with Crippen molar-refractivity contribution in [3.05, 3.63) is 0 Å². The quantitative estimate of drug-likeness (QED) is 0.777. The highest BCUT2D eigenvalue weighted by molar-refractivity contribution is 5.78. The molecule has 1 atom stereocenters. The number of carbonyl (C=O) groups excluding carboxylic acids is 1. The van der Waals surface area contributed by atoms with Crippen molar-refractivity contribution in [2.24, 2.45) is 0 Å². The van der Waals surface area contributed by atoms with Gasteiger partial charge in [-0.15, -0.1) is 0 Å². The minimum absolute atomic E-state index is 0.252. The average Bonchev–Trinajstić information content (AvgIpc) is 2.79. The third-order valence-corrected chi connectivity index (χ3v) is 4.09. The smallest absolute Gasteiger partial charge is 0.237 e. The van der Waals surface area contributed by atoms with E-state index in [-0.39, 0.29) is 18.0 Å². The zero-order valence-electron chi connectivity index (χ0n) is 14.1. The lowest BCUT2D eigenvalue weighted by molar-refractivity contribution is -0.136. The van der Waals surface area contributed by atoms with E-state index in [2.05, 4.69) is 51.8 Å². The van der Waals surface area contributed by atoms with Crippen LogP contribution in [0.4, 0.5) is 0 Å². The van der Waals surface area contributed by atoms with Gasteiger partial charge in [0.1, 0.15) is 0 Å². The summed E-state index contributed by atoms with van der Waals surface area (Å²) in [6.07, 6.45) is 2.49. The highest BCUT2D eigenvalue weighted by atomic mass is 16.2. The number of amides is 1. The van der Waals surface area contributed by atoms with Crippen molar-refractivity contribution in [1.29, 1.82) is 0 Å². The number of rotatable bonds is 7. The first-order valence-electron chi connectivity index (χ1n) is 8.11. The number of nitrogens with one attached hydrogen (secondary N) is 1. The maximum Gasteiger partial charge on any atom is 0.237 e. The summed E-state index contributed by atoms with van der Waals surface area (Å²) >= 11 is 0. The van der Waals surface area contributed by atoms with Crippen LogP contribution in [-0.4, -0.2) is 59.5 Å². The standard InChI is InChI=1S/C16H33N3O/c1-12(2)18(10-15-8-7-9-17-15)11-16(20)19(13(3)4)14(5)6/h12-15,17H,7-11H2,1-6H3. The van der Waals surface area contributed by atoms with Gasteiger partial charge >= 0.3 is 0 Å². The average molecular weight is 283 g/mol. The van der Waals surface area contributed by atoms with E-state index in [1.807, 2.05) is 4.90 Å². The lowest BCUT2D eigenvalue weighted by Gasteiger charge is -2.35. The molecule has 0 spiro atoms. The molecule has 1 saturated heterocycles. The van der Waals surface area contributed by atoms with Crippen molar-refractivity contribution < 1.29 is 4.79 Å². The highest BCUT2D eigenvalue weighted by Crippen LogP contribution is 2.12. The van der Waals surface area contributed by atoms with E-state index >= 15 is 0 Å². The predicted octanol–water partition coefficient (Wildman–Crippen LogP) is 2.09. The Bertz CT molecular complexity index is 288. The Morgan fingerprint density at radius 3 is 2.10 bits per heavy atom. The summed E-state index contributed by atoms with van der Waals surface area (Å²) < 4.78 is 0. The number of nitrogens with zero attached hydrogens (tertiary/aromatic N) is 2. The van der Waals surface area contributed by atoms with Gasteiger partial charge in [-0.1, -0.05) is 0 Å². The zero-order valence-corrected chi connectivity index (χ0v) is 14.1. The van der Waals surface area contributed by atoms with Gasteiger partial charge in [0.2, 0.25) is 5.91 Å². The normalized spacial score (nSPS) is 19.6. The topological polar surface area (TPSA) is 35.6 Å². The van der Waals surface area contributed by atoms with Gasteiger partial charge in [0.25, 0.3) is 0 Å². The fourth-order valence-corrected chi connectivity index (χ4v) is 3.08. The summed E-state index contributed by atoms with van der Waals surface area (Å²) in [7, 11) is 0. The second-order valence-electron chi connectivity index (χ2n) is 6.80. The third kappa shape index (κ3) is 5.06. The highest BCUT2D eigenvalue weighted by Gasteiger charge is 2.25. The van der Waals surface area contributed by atoms with E-state index < -0.39 is 0 Å². The van der Waals surface area contributed by atoms with Crippen LogP contribution in [0.2, 0.25) is 0 Å². The summed E-state index contributed by atoms with van der Waals surface area (Å²) in [6.45, 7) is 15.4. The Morgan fingerprint density at radius 1 is 1.10 bits per heavy atom. The van der Waals surface area contributed by atoms with Crippen LogP contribution in [0.3, 0.4) is 0 Å². The molecule has 1 unspecified atom stereocenters. The summed E-state index contributed by atoms with van der Waals surface area (Å²) in [6, 6.07) is 1.49. The van der Waals surface area contributed by atoms with Gasteiger partial charge < -0.3 is 10.2 Å². The summed E-state index contributed by atoms with van der Waals surface area (Å²) in [5.41, 5.74) is 0. The van der Waals surface area contributed by atoms with Crippen molar-refractivity contribution in [3.8, 4) is 0 Å². The molecule has 1 amide bonds. The van der Waals surface area contributed by atoms with Crippen LogP contribution >= 0.6 is 0 Å². The lowest BCUT2D eigenvalue weighted by Crippen LogP contribution is -2.50. The Balaban J connectivity index is 2.61. The van der Waals surface area contributed by atoms with Crippen molar-refractivity contribution in [2.75, 3.05) is 19.6 Å². The van der Waals surface area contributed by atoms with Crippen LogP contribution in [0.5, 0.6) is 0 Å². The fourth-order valence-electron chi connectivity index (χ4n) is 3.08. The Hall–Kier alpha value is -0.610. The molecule has 1 aliphatic rings. The molecular weight excluding hydrogens is 250 g/mol. The van der Waals surface area contributed by atoms with E-state index in [1.165, 1.54) is 12.8 Å². The van der Waals surface area contributed by atoms with Crippen LogP contribution in [-0.2, 0) is 4.79 Å². The summed E-state index contributed by atoms with van der Waals surface area (Å²) in [4.78, 5) is 16.9. The lowest BCUT2D eigenvalue weighted by atomic mass is 10.1. The van der Waals surface area contributed by atoms with E-state index in [1.54, 1.807) is 0 Å². The molecule has 1 rings (SSSR count). The van der Waals surface area contributed by atoms with Gasteiger partial charge in [0.05, 0.1) is 6.54 Å². The minimum Gasteiger partial charge on any atom is -0.337 e. The number of carbonyl (C=O) groups is 1. The molecule has 0 aromatic heterocycles. The zero-order chi connectivity index (χ0) is 15.3. The van der Waals surface area contributed by atoms with Gasteiger partial charge in [0.15, 0.2) is 0 Å². The van der Waals surface area contributed by atoms with Crippen LogP contribution in [0.1, 0.15) is 54.4 Å².